The molecule has 0 radical (unpaired) electrons. The van der Waals surface area contributed by atoms with Gasteiger partial charge < -0.3 is 9.64 Å². The van der Waals surface area contributed by atoms with E-state index >= 15 is 0 Å². The molecule has 2 aromatic carbocycles. The van der Waals surface area contributed by atoms with Gasteiger partial charge in [0, 0.05) is 6.54 Å². The van der Waals surface area contributed by atoms with Crippen molar-refractivity contribution in [3.63, 3.8) is 0 Å². The summed E-state index contributed by atoms with van der Waals surface area (Å²) in [6.45, 7) is 4.37. The molecule has 106 valence electrons. The van der Waals surface area contributed by atoms with Gasteiger partial charge in [0.1, 0.15) is 11.5 Å². The molecule has 0 bridgehead atoms. The Morgan fingerprint density at radius 2 is 1.55 bits per heavy atom. The first-order valence-electron chi connectivity index (χ1n) is 7.28. The summed E-state index contributed by atoms with van der Waals surface area (Å²) in [7, 11) is 2.17. The van der Waals surface area contributed by atoms with Crippen molar-refractivity contribution in [2.45, 2.75) is 26.3 Å². The second-order valence-electron chi connectivity index (χ2n) is 5.15. The number of ether oxygens (including phenoxy) is 1. The van der Waals surface area contributed by atoms with Crippen LogP contribution in [0.25, 0.3) is 0 Å². The average molecular weight is 269 g/mol. The maximum Gasteiger partial charge on any atom is 0.127 e. The molecule has 2 nitrogen and oxygen atoms in total. The van der Waals surface area contributed by atoms with Gasteiger partial charge in [-0.15, -0.1) is 0 Å². The lowest BCUT2D eigenvalue weighted by atomic mass is 10.2. The molecule has 0 unspecified atom stereocenters. The molecule has 0 N–H and O–H groups in total. The third-order valence-corrected chi connectivity index (χ3v) is 3.25. The predicted octanol–water partition coefficient (Wildman–Crippen LogP) is 4.71. The first kappa shape index (κ1) is 14.6. The number of rotatable bonds is 7. The molecule has 2 rings (SSSR count). The maximum absolute atomic E-state index is 5.79. The van der Waals surface area contributed by atoms with Crippen LogP contribution in [-0.4, -0.2) is 18.5 Å². The van der Waals surface area contributed by atoms with Crippen molar-refractivity contribution in [1.29, 1.82) is 0 Å². The Morgan fingerprint density at radius 3 is 2.20 bits per heavy atom. The minimum atomic E-state index is 0.875. The first-order chi connectivity index (χ1) is 9.78. The molecule has 0 atom stereocenters. The normalized spacial score (nSPS) is 10.8. The number of unbranched alkanes of at least 4 members (excludes halogenated alkanes) is 1. The summed E-state index contributed by atoms with van der Waals surface area (Å²) in [4.78, 5) is 2.36. The molecule has 0 aliphatic rings. The topological polar surface area (TPSA) is 12.5 Å². The molecule has 0 aromatic heterocycles. The fraction of sp³-hybridized carbons (Fsp3) is 0.333. The van der Waals surface area contributed by atoms with E-state index < -0.39 is 0 Å². The molecule has 0 aliphatic carbocycles. The molecule has 2 aromatic rings. The second-order valence-corrected chi connectivity index (χ2v) is 5.15. The fourth-order valence-electron chi connectivity index (χ4n) is 2.11. The van der Waals surface area contributed by atoms with Gasteiger partial charge in [0.2, 0.25) is 0 Å². The Balaban J connectivity index is 1.89. The summed E-state index contributed by atoms with van der Waals surface area (Å²) in [5.41, 5.74) is 1.32. The summed E-state index contributed by atoms with van der Waals surface area (Å²) < 4.78 is 5.79. The zero-order valence-electron chi connectivity index (χ0n) is 12.4. The minimum absolute atomic E-state index is 0.875. The smallest absolute Gasteiger partial charge is 0.127 e. The van der Waals surface area contributed by atoms with Gasteiger partial charge in [0.25, 0.3) is 0 Å². The van der Waals surface area contributed by atoms with Crippen LogP contribution in [0.5, 0.6) is 11.5 Å². The maximum atomic E-state index is 5.79. The van der Waals surface area contributed by atoms with E-state index in [2.05, 4.69) is 31.0 Å². The Hall–Kier alpha value is -1.80. The lowest BCUT2D eigenvalue weighted by molar-refractivity contribution is 0.320. The van der Waals surface area contributed by atoms with Crippen LogP contribution < -0.4 is 4.74 Å². The van der Waals surface area contributed by atoms with E-state index in [4.69, 9.17) is 4.74 Å². The summed E-state index contributed by atoms with van der Waals surface area (Å²) in [6.07, 6.45) is 2.50. The number of hydrogen-bond acceptors (Lipinski definition) is 2. The van der Waals surface area contributed by atoms with Gasteiger partial charge in [-0.1, -0.05) is 43.7 Å². The van der Waals surface area contributed by atoms with Crippen LogP contribution in [0.15, 0.2) is 54.6 Å². The molecule has 0 aliphatic heterocycles. The van der Waals surface area contributed by atoms with Gasteiger partial charge in [-0.25, -0.2) is 0 Å². The molecule has 0 amide bonds. The second kappa shape index (κ2) is 7.71. The number of benzene rings is 2. The molecule has 0 fully saturated rings. The van der Waals surface area contributed by atoms with E-state index in [0.717, 1.165) is 24.6 Å². The van der Waals surface area contributed by atoms with Crippen molar-refractivity contribution in [2.75, 3.05) is 13.6 Å². The van der Waals surface area contributed by atoms with Crippen molar-refractivity contribution in [2.24, 2.45) is 0 Å². The predicted molar refractivity (Wildman–Crippen MR) is 84.2 cm³/mol. The van der Waals surface area contributed by atoms with Crippen molar-refractivity contribution in [3.05, 3.63) is 60.2 Å². The lowest BCUT2D eigenvalue weighted by Crippen LogP contribution is -2.18. The highest BCUT2D eigenvalue weighted by molar-refractivity contribution is 5.32. The number of nitrogens with zero attached hydrogens (tertiary/aromatic N) is 1. The summed E-state index contributed by atoms with van der Waals surface area (Å²) >= 11 is 0. The molecule has 0 spiro atoms. The highest BCUT2D eigenvalue weighted by atomic mass is 16.5. The van der Waals surface area contributed by atoms with Gasteiger partial charge in [-0.2, -0.15) is 0 Å². The molecule has 0 heterocycles. The van der Waals surface area contributed by atoms with Gasteiger partial charge in [0.15, 0.2) is 0 Å². The molecule has 0 saturated carbocycles. The van der Waals surface area contributed by atoms with E-state index in [9.17, 15) is 0 Å². The first-order valence-corrected chi connectivity index (χ1v) is 7.28. The molecule has 2 heteroatoms. The zero-order valence-corrected chi connectivity index (χ0v) is 12.4. The van der Waals surface area contributed by atoms with Crippen molar-refractivity contribution < 1.29 is 4.74 Å². The van der Waals surface area contributed by atoms with Crippen LogP contribution in [0.4, 0.5) is 0 Å². The van der Waals surface area contributed by atoms with Crippen LogP contribution in [0.3, 0.4) is 0 Å². The van der Waals surface area contributed by atoms with Crippen LogP contribution in [0, 0.1) is 0 Å². The number of hydrogen-bond donors (Lipinski definition) is 0. The SMILES string of the molecule is CCCCN(C)Cc1ccc(Oc2ccccc2)cc1. The summed E-state index contributed by atoms with van der Waals surface area (Å²) in [5, 5.41) is 0. The minimum Gasteiger partial charge on any atom is -0.457 e. The van der Waals surface area contributed by atoms with E-state index in [1.807, 2.05) is 42.5 Å². The summed E-state index contributed by atoms with van der Waals surface area (Å²) in [5.74, 6) is 1.76. The van der Waals surface area contributed by atoms with E-state index in [1.54, 1.807) is 0 Å². The lowest BCUT2D eigenvalue weighted by Gasteiger charge is -2.16. The fourth-order valence-corrected chi connectivity index (χ4v) is 2.11. The Kier molecular flexibility index (Phi) is 5.63. The standard InChI is InChI=1S/C18H23NO/c1-3-4-14-19(2)15-16-10-12-18(13-11-16)20-17-8-6-5-7-9-17/h5-13H,3-4,14-15H2,1-2H3. The molecule has 0 saturated heterocycles. The Morgan fingerprint density at radius 1 is 0.900 bits per heavy atom. The van der Waals surface area contributed by atoms with Gasteiger partial charge >= 0.3 is 0 Å². The molecular formula is C18H23NO. The third-order valence-electron chi connectivity index (χ3n) is 3.25. The van der Waals surface area contributed by atoms with Crippen molar-refractivity contribution in [1.82, 2.24) is 4.90 Å². The quantitative estimate of drug-likeness (QED) is 0.721. The van der Waals surface area contributed by atoms with Crippen LogP contribution in [0.1, 0.15) is 25.3 Å². The van der Waals surface area contributed by atoms with Gasteiger partial charge in [0.05, 0.1) is 0 Å². The number of para-hydroxylation sites is 1. The van der Waals surface area contributed by atoms with Gasteiger partial charge in [-0.3, -0.25) is 0 Å². The highest BCUT2D eigenvalue weighted by Gasteiger charge is 2.01. The summed E-state index contributed by atoms with van der Waals surface area (Å²) in [6, 6.07) is 18.2. The van der Waals surface area contributed by atoms with Crippen LogP contribution in [-0.2, 0) is 6.54 Å². The average Bonchev–Trinajstić information content (AvgIpc) is 2.48. The van der Waals surface area contributed by atoms with Crippen molar-refractivity contribution in [3.8, 4) is 11.5 Å². The largest absolute Gasteiger partial charge is 0.457 e. The Labute approximate surface area is 122 Å². The Bertz CT molecular complexity index is 493. The van der Waals surface area contributed by atoms with Crippen LogP contribution >= 0.6 is 0 Å². The van der Waals surface area contributed by atoms with Crippen molar-refractivity contribution >= 4 is 0 Å². The highest BCUT2D eigenvalue weighted by Crippen LogP contribution is 2.21. The molecular weight excluding hydrogens is 246 g/mol. The van der Waals surface area contributed by atoms with E-state index in [0.29, 0.717) is 0 Å². The zero-order chi connectivity index (χ0) is 14.2. The monoisotopic (exact) mass is 269 g/mol. The van der Waals surface area contributed by atoms with E-state index in [-0.39, 0.29) is 0 Å². The van der Waals surface area contributed by atoms with E-state index in [1.165, 1.54) is 18.4 Å². The third kappa shape index (κ3) is 4.71. The molecule has 20 heavy (non-hydrogen) atoms. The van der Waals surface area contributed by atoms with Gasteiger partial charge in [-0.05, 0) is 49.8 Å². The van der Waals surface area contributed by atoms with Crippen LogP contribution in [0.2, 0.25) is 0 Å².